The zero-order chi connectivity index (χ0) is 24.8. The monoisotopic (exact) mass is 488 g/mol. The van der Waals surface area contributed by atoms with E-state index in [9.17, 15) is 19.8 Å². The first-order chi connectivity index (χ1) is 15.1. The summed E-state index contributed by atoms with van der Waals surface area (Å²) in [4.78, 5) is 24.0. The number of ketones is 1. The van der Waals surface area contributed by atoms with Crippen molar-refractivity contribution in [3.8, 4) is 0 Å². The predicted octanol–water partition coefficient (Wildman–Crippen LogP) is 2.52. The second-order valence-electron chi connectivity index (χ2n) is 10.7. The Morgan fingerprint density at radius 3 is 2.30 bits per heavy atom. The number of fused-ring (bicyclic) bond motifs is 5. The molecular weight excluding hydrogens is 452 g/mol. The molecule has 3 saturated carbocycles. The van der Waals surface area contributed by atoms with E-state index in [1.165, 1.54) is 12.5 Å². The molecule has 0 amide bonds. The van der Waals surface area contributed by atoms with Crippen molar-refractivity contribution in [3.63, 3.8) is 0 Å². The second-order valence-corrected chi connectivity index (χ2v) is 11.6. The molecule has 0 spiro atoms. The maximum absolute atomic E-state index is 12.9. The van der Waals surface area contributed by atoms with Crippen LogP contribution in [0.5, 0.6) is 0 Å². The van der Waals surface area contributed by atoms with Gasteiger partial charge in [0, 0.05) is 12.3 Å². The summed E-state index contributed by atoms with van der Waals surface area (Å²) in [6.07, 6.45) is 8.96. The lowest BCUT2D eigenvalue weighted by molar-refractivity contribution is -0.168. The summed E-state index contributed by atoms with van der Waals surface area (Å²) >= 11 is 0. The third-order valence-corrected chi connectivity index (χ3v) is 9.10. The molecule has 4 rings (SSSR count). The van der Waals surface area contributed by atoms with Gasteiger partial charge in [-0.15, -0.1) is 0 Å². The van der Waals surface area contributed by atoms with Gasteiger partial charge in [-0.25, -0.2) is 0 Å². The van der Waals surface area contributed by atoms with Gasteiger partial charge >= 0.3 is 16.4 Å². The highest BCUT2D eigenvalue weighted by atomic mass is 32.3. The lowest BCUT2D eigenvalue weighted by Gasteiger charge is -2.58. The Morgan fingerprint density at radius 2 is 1.70 bits per heavy atom. The molecular formula is C23H36O9S. The first kappa shape index (κ1) is 26.3. The fourth-order valence-electron chi connectivity index (χ4n) is 7.40. The van der Waals surface area contributed by atoms with Gasteiger partial charge in [0.2, 0.25) is 5.78 Å². The number of hydrogen-bond donors (Lipinski definition) is 4. The Hall–Kier alpha value is -1.33. The first-order valence-corrected chi connectivity index (χ1v) is 13.0. The topological polar surface area (TPSA) is 158 Å². The Balaban J connectivity index is 0.000000555. The van der Waals surface area contributed by atoms with E-state index in [0.717, 1.165) is 44.9 Å². The van der Waals surface area contributed by atoms with Crippen molar-refractivity contribution in [1.29, 1.82) is 0 Å². The minimum absolute atomic E-state index is 0.145. The van der Waals surface area contributed by atoms with Crippen LogP contribution in [0.2, 0.25) is 0 Å². The number of carbonyl (C=O) groups is 2. The van der Waals surface area contributed by atoms with Crippen LogP contribution in [0.3, 0.4) is 0 Å². The molecule has 9 nitrogen and oxygen atoms in total. The quantitative estimate of drug-likeness (QED) is 0.266. The molecule has 0 radical (unpaired) electrons. The number of rotatable bonds is 3. The fraction of sp³-hybridized carbons (Fsp3) is 0.826. The maximum Gasteiger partial charge on any atom is 0.394 e. The van der Waals surface area contributed by atoms with Crippen LogP contribution < -0.4 is 0 Å². The van der Waals surface area contributed by atoms with Gasteiger partial charge in [-0.1, -0.05) is 25.5 Å². The van der Waals surface area contributed by atoms with Crippen LogP contribution in [-0.2, 0) is 24.7 Å². The van der Waals surface area contributed by atoms with Crippen LogP contribution in [0, 0.1) is 28.6 Å². The molecule has 4 N–H and O–H groups in total. The average molecular weight is 489 g/mol. The van der Waals surface area contributed by atoms with E-state index in [4.69, 9.17) is 22.3 Å². The fourth-order valence-corrected chi connectivity index (χ4v) is 7.40. The number of Topliss-reactive ketones (excluding diaryl/α,β-unsaturated/α-hetero) is 1. The normalized spacial score (nSPS) is 42.0. The summed E-state index contributed by atoms with van der Waals surface area (Å²) < 4.78 is 36.5. The molecule has 0 aliphatic heterocycles. The highest BCUT2D eigenvalue weighted by Gasteiger charge is 2.66. The standard InChI is InChI=1S/C23H34O5.H2O4S/c1-14(24)28-13-20(26)23(27)11-8-19-17-5-4-15-12-16(25)6-9-21(15,2)18(17)7-10-22(19,23)3;1-5(2,3)4/h4,16-19,25,27H,5-13H2,1-3H3;(H2,1,2,3,4). The van der Waals surface area contributed by atoms with Crippen molar-refractivity contribution in [2.75, 3.05) is 6.61 Å². The van der Waals surface area contributed by atoms with Gasteiger partial charge in [-0.2, -0.15) is 8.42 Å². The van der Waals surface area contributed by atoms with Crippen LogP contribution in [0.25, 0.3) is 0 Å². The Morgan fingerprint density at radius 1 is 1.09 bits per heavy atom. The molecule has 4 aliphatic carbocycles. The number of hydrogen-bond acceptors (Lipinski definition) is 7. The first-order valence-electron chi connectivity index (χ1n) is 11.6. The third kappa shape index (κ3) is 4.91. The van der Waals surface area contributed by atoms with Crippen molar-refractivity contribution in [3.05, 3.63) is 11.6 Å². The lowest BCUT2D eigenvalue weighted by Crippen LogP contribution is -2.58. The van der Waals surface area contributed by atoms with Gasteiger partial charge < -0.3 is 14.9 Å². The smallest absolute Gasteiger partial charge is 0.394 e. The van der Waals surface area contributed by atoms with E-state index in [-0.39, 0.29) is 23.9 Å². The van der Waals surface area contributed by atoms with Gasteiger partial charge in [0.25, 0.3) is 0 Å². The van der Waals surface area contributed by atoms with E-state index < -0.39 is 27.4 Å². The van der Waals surface area contributed by atoms with E-state index in [2.05, 4.69) is 19.9 Å². The molecule has 7 atom stereocenters. The molecule has 0 aromatic carbocycles. The van der Waals surface area contributed by atoms with Crippen LogP contribution in [0.4, 0.5) is 0 Å². The third-order valence-electron chi connectivity index (χ3n) is 9.10. The molecule has 188 valence electrons. The predicted molar refractivity (Wildman–Crippen MR) is 118 cm³/mol. The van der Waals surface area contributed by atoms with Crippen LogP contribution in [0.1, 0.15) is 72.1 Å². The van der Waals surface area contributed by atoms with Gasteiger partial charge in [-0.3, -0.25) is 18.7 Å². The lowest BCUT2D eigenvalue weighted by atomic mass is 9.46. The van der Waals surface area contributed by atoms with Gasteiger partial charge in [0.05, 0.1) is 6.10 Å². The highest BCUT2D eigenvalue weighted by molar-refractivity contribution is 7.79. The van der Waals surface area contributed by atoms with Crippen molar-refractivity contribution >= 4 is 22.2 Å². The summed E-state index contributed by atoms with van der Waals surface area (Å²) in [6, 6.07) is 0. The minimum atomic E-state index is -4.67. The number of ether oxygens (including phenoxy) is 1. The van der Waals surface area contributed by atoms with Crippen molar-refractivity contribution in [2.45, 2.75) is 83.8 Å². The average Bonchev–Trinajstić information content (AvgIpc) is 2.97. The van der Waals surface area contributed by atoms with Gasteiger partial charge in [0.1, 0.15) is 5.60 Å². The number of allylic oxidation sites excluding steroid dienone is 1. The molecule has 0 aromatic heterocycles. The maximum atomic E-state index is 12.9. The molecule has 0 bridgehead atoms. The van der Waals surface area contributed by atoms with E-state index in [1.807, 2.05) is 0 Å². The molecule has 10 heteroatoms. The van der Waals surface area contributed by atoms with Crippen LogP contribution in [-0.4, -0.2) is 57.8 Å². The van der Waals surface area contributed by atoms with E-state index in [0.29, 0.717) is 24.2 Å². The van der Waals surface area contributed by atoms with Gasteiger partial charge in [0.15, 0.2) is 6.61 Å². The highest BCUT2D eigenvalue weighted by Crippen LogP contribution is 2.67. The summed E-state index contributed by atoms with van der Waals surface area (Å²) in [5.74, 6) is 0.504. The SMILES string of the molecule is CC(=O)OCC(=O)C1(O)CCC2C3CC=C4CC(O)CCC4(C)C3CCC21C.O=S(=O)(O)O. The number of aliphatic hydroxyl groups excluding tert-OH is 1. The van der Waals surface area contributed by atoms with Crippen LogP contribution in [0.15, 0.2) is 11.6 Å². The van der Waals surface area contributed by atoms with Gasteiger partial charge in [-0.05, 0) is 74.5 Å². The van der Waals surface area contributed by atoms with E-state index in [1.54, 1.807) is 0 Å². The minimum Gasteiger partial charge on any atom is -0.458 e. The largest absolute Gasteiger partial charge is 0.458 e. The van der Waals surface area contributed by atoms with Crippen LogP contribution >= 0.6 is 0 Å². The summed E-state index contributed by atoms with van der Waals surface area (Å²) in [7, 11) is -4.67. The Labute approximate surface area is 195 Å². The Kier molecular flexibility index (Phi) is 7.19. The zero-order valence-electron chi connectivity index (χ0n) is 19.5. The summed E-state index contributed by atoms with van der Waals surface area (Å²) in [5, 5.41) is 21.6. The molecule has 33 heavy (non-hydrogen) atoms. The molecule has 0 saturated heterocycles. The molecule has 0 aromatic rings. The molecule has 3 fully saturated rings. The molecule has 4 aliphatic rings. The summed E-state index contributed by atoms with van der Waals surface area (Å²) in [5.41, 5.74) is -0.283. The Bertz CT molecular complexity index is 920. The molecule has 7 unspecified atom stereocenters. The van der Waals surface area contributed by atoms with Crippen molar-refractivity contribution in [1.82, 2.24) is 0 Å². The van der Waals surface area contributed by atoms with Crippen molar-refractivity contribution < 1.29 is 42.1 Å². The number of aliphatic hydroxyl groups is 2. The number of carbonyl (C=O) groups excluding carboxylic acids is 2. The van der Waals surface area contributed by atoms with Crippen molar-refractivity contribution in [2.24, 2.45) is 28.6 Å². The summed E-state index contributed by atoms with van der Waals surface area (Å²) in [6.45, 7) is 5.41. The number of esters is 1. The van der Waals surface area contributed by atoms with E-state index >= 15 is 0 Å². The molecule has 0 heterocycles. The second kappa shape index (κ2) is 9.03. The zero-order valence-corrected chi connectivity index (χ0v) is 20.3.